The van der Waals surface area contributed by atoms with E-state index in [0.29, 0.717) is 0 Å². The lowest BCUT2D eigenvalue weighted by Crippen LogP contribution is -2.48. The molecule has 0 radical (unpaired) electrons. The van der Waals surface area contributed by atoms with Crippen LogP contribution in [0.5, 0.6) is 0 Å². The van der Waals surface area contributed by atoms with E-state index in [0.717, 1.165) is 44.3 Å². The summed E-state index contributed by atoms with van der Waals surface area (Å²) in [6, 6.07) is 6.45. The van der Waals surface area contributed by atoms with Gasteiger partial charge in [-0.2, -0.15) is 0 Å². The van der Waals surface area contributed by atoms with E-state index in [1.807, 2.05) is 19.1 Å². The molecule has 7 heteroatoms. The van der Waals surface area contributed by atoms with Gasteiger partial charge in [0.25, 0.3) is 0 Å². The second-order valence-corrected chi connectivity index (χ2v) is 11.1. The fraction of sp³-hybridized carbons (Fsp3) is 0.647. The van der Waals surface area contributed by atoms with Gasteiger partial charge in [-0.05, 0) is 50.0 Å². The molecule has 134 valence electrons. The molecule has 2 aliphatic heterocycles. The van der Waals surface area contributed by atoms with Crippen molar-refractivity contribution in [3.05, 3.63) is 29.8 Å². The highest BCUT2D eigenvalue weighted by Gasteiger charge is 2.48. The first-order chi connectivity index (χ1) is 11.3. The lowest BCUT2D eigenvalue weighted by atomic mass is 10.1. The highest BCUT2D eigenvalue weighted by molar-refractivity contribution is 7.96. The lowest BCUT2D eigenvalue weighted by molar-refractivity contribution is 0.178. The molecule has 0 unspecified atom stereocenters. The summed E-state index contributed by atoms with van der Waals surface area (Å²) in [4.78, 5) is 2.32. The predicted molar refractivity (Wildman–Crippen MR) is 94.7 cm³/mol. The Hall–Kier alpha value is -0.920. The number of likely N-dealkylation sites (tertiary alicyclic amines) is 1. The van der Waals surface area contributed by atoms with Crippen molar-refractivity contribution in [3.8, 4) is 0 Å². The van der Waals surface area contributed by atoms with Gasteiger partial charge in [-0.1, -0.05) is 25.5 Å². The van der Waals surface area contributed by atoms with Gasteiger partial charge in [0.2, 0.25) is 0 Å². The maximum atomic E-state index is 13.1. The third-order valence-corrected chi connectivity index (χ3v) is 9.32. The summed E-state index contributed by atoms with van der Waals surface area (Å²) in [6.07, 6.45) is 3.99. The summed E-state index contributed by atoms with van der Waals surface area (Å²) >= 11 is 0. The van der Waals surface area contributed by atoms with Crippen LogP contribution in [0, 0.1) is 0 Å². The van der Waals surface area contributed by atoms with Crippen LogP contribution in [0.1, 0.15) is 31.7 Å². The highest BCUT2D eigenvalue weighted by atomic mass is 32.2. The van der Waals surface area contributed by atoms with Gasteiger partial charge in [0, 0.05) is 6.04 Å². The van der Waals surface area contributed by atoms with Crippen LogP contribution in [0.15, 0.2) is 29.2 Å². The normalized spacial score (nSPS) is 28.0. The van der Waals surface area contributed by atoms with Gasteiger partial charge in [-0.15, -0.1) is 0 Å². The number of piperidine rings is 1. The van der Waals surface area contributed by atoms with Crippen LogP contribution in [-0.4, -0.2) is 57.6 Å². The molecule has 0 bridgehead atoms. The minimum atomic E-state index is -3.65. The first-order valence-corrected chi connectivity index (χ1v) is 12.0. The van der Waals surface area contributed by atoms with E-state index in [2.05, 4.69) is 4.90 Å². The second kappa shape index (κ2) is 6.77. The van der Waals surface area contributed by atoms with Crippen molar-refractivity contribution in [1.29, 1.82) is 0 Å². The van der Waals surface area contributed by atoms with Crippen LogP contribution in [0.2, 0.25) is 0 Å². The minimum Gasteiger partial charge on any atom is -0.298 e. The molecule has 3 rings (SSSR count). The van der Waals surface area contributed by atoms with Gasteiger partial charge in [0.05, 0.1) is 21.7 Å². The highest BCUT2D eigenvalue weighted by Crippen LogP contribution is 2.30. The topological polar surface area (TPSA) is 71.5 Å². The summed E-state index contributed by atoms with van der Waals surface area (Å²) < 4.78 is 50.5. The molecular formula is C17H25NO4S2. The van der Waals surface area contributed by atoms with Crippen molar-refractivity contribution in [3.63, 3.8) is 0 Å². The Morgan fingerprint density at radius 1 is 1.04 bits per heavy atom. The van der Waals surface area contributed by atoms with E-state index < -0.39 is 31.0 Å². The lowest BCUT2D eigenvalue weighted by Gasteiger charge is -2.34. The summed E-state index contributed by atoms with van der Waals surface area (Å²) in [5.74, 6) is -0.296. The average Bonchev–Trinajstić information content (AvgIpc) is 2.92. The Morgan fingerprint density at radius 3 is 2.25 bits per heavy atom. The Kier molecular flexibility index (Phi) is 5.04. The van der Waals surface area contributed by atoms with E-state index in [1.165, 1.54) is 0 Å². The number of hydrogen-bond donors (Lipinski definition) is 0. The molecule has 0 aliphatic carbocycles. The monoisotopic (exact) mass is 371 g/mol. The van der Waals surface area contributed by atoms with Gasteiger partial charge < -0.3 is 0 Å². The number of benzene rings is 1. The number of hydrogen-bond acceptors (Lipinski definition) is 5. The number of nitrogens with zero attached hydrogens (tertiary/aromatic N) is 1. The van der Waals surface area contributed by atoms with Crippen molar-refractivity contribution in [2.45, 2.75) is 48.8 Å². The molecule has 0 N–H and O–H groups in total. The molecule has 24 heavy (non-hydrogen) atoms. The summed E-state index contributed by atoms with van der Waals surface area (Å²) in [5.41, 5.74) is 1.07. The third kappa shape index (κ3) is 3.53. The van der Waals surface area contributed by atoms with Gasteiger partial charge in [-0.3, -0.25) is 4.90 Å². The molecule has 2 saturated heterocycles. The Bertz CT molecular complexity index is 778. The standard InChI is InChI=1S/C17H25NO4S2/c1-2-14-6-8-15(9-7-14)24(21,22)17-13-23(19,20)12-16(17)18-10-4-3-5-11-18/h6-9,16-17H,2-5,10-13H2,1H3/t16-,17-/m1/s1. The van der Waals surface area contributed by atoms with E-state index in [1.54, 1.807) is 12.1 Å². The molecule has 2 fully saturated rings. The molecule has 2 aliphatic rings. The van der Waals surface area contributed by atoms with Crippen LogP contribution < -0.4 is 0 Å². The van der Waals surface area contributed by atoms with E-state index >= 15 is 0 Å². The number of rotatable bonds is 4. The molecule has 0 aromatic heterocycles. The fourth-order valence-corrected chi connectivity index (χ4v) is 8.60. The Labute approximate surface area is 144 Å². The summed E-state index contributed by atoms with van der Waals surface area (Å²) in [5, 5.41) is -0.854. The number of sulfone groups is 2. The zero-order chi connectivity index (χ0) is 17.4. The largest absolute Gasteiger partial charge is 0.298 e. The zero-order valence-corrected chi connectivity index (χ0v) is 15.7. The first-order valence-electron chi connectivity index (χ1n) is 8.61. The Balaban J connectivity index is 1.93. The van der Waals surface area contributed by atoms with Gasteiger partial charge >= 0.3 is 0 Å². The summed E-state index contributed by atoms with van der Waals surface area (Å²) in [7, 11) is -6.97. The van der Waals surface area contributed by atoms with Crippen LogP contribution in [-0.2, 0) is 26.1 Å². The van der Waals surface area contributed by atoms with Crippen molar-refractivity contribution in [2.75, 3.05) is 24.6 Å². The molecule has 5 nitrogen and oxygen atoms in total. The van der Waals surface area contributed by atoms with Gasteiger partial charge in [-0.25, -0.2) is 16.8 Å². The molecule has 1 aromatic rings. The average molecular weight is 372 g/mol. The van der Waals surface area contributed by atoms with Crippen molar-refractivity contribution in [1.82, 2.24) is 4.90 Å². The van der Waals surface area contributed by atoms with Gasteiger partial charge in [0.1, 0.15) is 0 Å². The molecular weight excluding hydrogens is 346 g/mol. The second-order valence-electron chi connectivity index (χ2n) is 6.82. The molecule has 2 heterocycles. The maximum Gasteiger partial charge on any atom is 0.183 e. The van der Waals surface area contributed by atoms with Crippen LogP contribution in [0.4, 0.5) is 0 Å². The van der Waals surface area contributed by atoms with E-state index in [4.69, 9.17) is 0 Å². The van der Waals surface area contributed by atoms with Crippen molar-refractivity contribution < 1.29 is 16.8 Å². The van der Waals surface area contributed by atoms with Crippen LogP contribution in [0.3, 0.4) is 0 Å². The zero-order valence-electron chi connectivity index (χ0n) is 14.0. The SMILES string of the molecule is CCc1ccc(S(=O)(=O)[C@@H]2CS(=O)(=O)C[C@H]2N2CCCCC2)cc1. The van der Waals surface area contributed by atoms with Gasteiger partial charge in [0.15, 0.2) is 19.7 Å². The summed E-state index contributed by atoms with van der Waals surface area (Å²) in [6.45, 7) is 3.60. The number of aryl methyl sites for hydroxylation is 1. The van der Waals surface area contributed by atoms with Crippen LogP contribution in [0.25, 0.3) is 0 Å². The molecule has 1 aromatic carbocycles. The minimum absolute atomic E-state index is 0.0378. The van der Waals surface area contributed by atoms with E-state index in [-0.39, 0.29) is 16.4 Å². The van der Waals surface area contributed by atoms with Crippen molar-refractivity contribution >= 4 is 19.7 Å². The molecule has 0 amide bonds. The molecule has 0 saturated carbocycles. The quantitative estimate of drug-likeness (QED) is 0.805. The van der Waals surface area contributed by atoms with Crippen LogP contribution >= 0.6 is 0 Å². The first kappa shape index (κ1) is 17.9. The van der Waals surface area contributed by atoms with Crippen molar-refractivity contribution in [2.24, 2.45) is 0 Å². The maximum absolute atomic E-state index is 13.1. The smallest absolute Gasteiger partial charge is 0.183 e. The third-order valence-electron chi connectivity index (χ3n) is 5.19. The molecule has 0 spiro atoms. The fourth-order valence-electron chi connectivity index (χ4n) is 3.77. The molecule has 2 atom stereocenters. The predicted octanol–water partition coefficient (Wildman–Crippen LogP) is 1.67. The van der Waals surface area contributed by atoms with E-state index in [9.17, 15) is 16.8 Å². The Morgan fingerprint density at radius 2 is 1.67 bits per heavy atom.